The lowest BCUT2D eigenvalue weighted by atomic mass is 10.2. The van der Waals surface area contributed by atoms with Crippen molar-refractivity contribution >= 4 is 12.4 Å². The number of nitrogens with zero attached hydrogens (tertiary/aromatic N) is 1. The fourth-order valence-corrected chi connectivity index (χ4v) is 0.615. The minimum atomic E-state index is -0.485. The lowest BCUT2D eigenvalue weighted by molar-refractivity contribution is -0.156. The number of likely N-dealkylation sites (N-methyl/N-ethyl adjacent to an activating group) is 1. The number of carbonyl (C=O) groups is 2. The quantitative estimate of drug-likeness (QED) is 0.459. The molecule has 0 aliphatic rings. The van der Waals surface area contributed by atoms with Gasteiger partial charge in [-0.3, -0.25) is 9.59 Å². The average Bonchev–Trinajstić information content (AvgIpc) is 1.82. The summed E-state index contributed by atoms with van der Waals surface area (Å²) in [6, 6.07) is 0. The van der Waals surface area contributed by atoms with E-state index < -0.39 is 11.6 Å². The number of ether oxygens (including phenoxy) is 1. The summed E-state index contributed by atoms with van der Waals surface area (Å²) in [5, 5.41) is 0. The molecule has 0 saturated carbocycles. The summed E-state index contributed by atoms with van der Waals surface area (Å²) in [5.41, 5.74) is -0.485. The van der Waals surface area contributed by atoms with Crippen LogP contribution in [0.2, 0.25) is 0 Å². The van der Waals surface area contributed by atoms with Crippen LogP contribution in [0.5, 0.6) is 0 Å². The van der Waals surface area contributed by atoms with Gasteiger partial charge in [-0.25, -0.2) is 0 Å². The Hall–Kier alpha value is -1.06. The highest BCUT2D eigenvalue weighted by Gasteiger charge is 2.16. The molecule has 0 heterocycles. The highest BCUT2D eigenvalue weighted by Crippen LogP contribution is 2.06. The Labute approximate surface area is 72.5 Å². The highest BCUT2D eigenvalue weighted by atomic mass is 16.6. The molecule has 0 aliphatic carbocycles. The van der Waals surface area contributed by atoms with E-state index in [0.29, 0.717) is 6.41 Å². The summed E-state index contributed by atoms with van der Waals surface area (Å²) in [5.74, 6) is -0.392. The third-order valence-corrected chi connectivity index (χ3v) is 0.978. The monoisotopic (exact) mass is 173 g/mol. The van der Waals surface area contributed by atoms with Crippen molar-refractivity contribution in [3.8, 4) is 0 Å². The highest BCUT2D eigenvalue weighted by molar-refractivity contribution is 5.74. The van der Waals surface area contributed by atoms with Crippen molar-refractivity contribution in [2.75, 3.05) is 13.6 Å². The second-order valence-corrected chi connectivity index (χ2v) is 3.61. The predicted octanol–water partition coefficient (Wildman–Crippen LogP) is 0.416. The Morgan fingerprint density at radius 2 is 2.00 bits per heavy atom. The first-order chi connectivity index (χ1) is 5.35. The van der Waals surface area contributed by atoms with Gasteiger partial charge in [-0.2, -0.15) is 0 Å². The molecule has 0 fully saturated rings. The molecule has 0 aromatic heterocycles. The zero-order valence-corrected chi connectivity index (χ0v) is 7.96. The van der Waals surface area contributed by atoms with E-state index >= 15 is 0 Å². The first-order valence-electron chi connectivity index (χ1n) is 3.72. The molecule has 4 heteroatoms. The molecule has 0 rings (SSSR count). The van der Waals surface area contributed by atoms with E-state index in [2.05, 4.69) is 0 Å². The van der Waals surface area contributed by atoms with E-state index in [9.17, 15) is 9.59 Å². The molecular weight excluding hydrogens is 158 g/mol. The van der Waals surface area contributed by atoms with Crippen LogP contribution in [0.3, 0.4) is 0 Å². The number of carbonyl (C=O) groups excluding carboxylic acids is 2. The fourth-order valence-electron chi connectivity index (χ4n) is 0.615. The minimum Gasteiger partial charge on any atom is -0.459 e. The van der Waals surface area contributed by atoms with Gasteiger partial charge in [0.1, 0.15) is 12.1 Å². The van der Waals surface area contributed by atoms with E-state index in [-0.39, 0.29) is 6.54 Å². The second-order valence-electron chi connectivity index (χ2n) is 3.61. The molecule has 0 bridgehead atoms. The van der Waals surface area contributed by atoms with Gasteiger partial charge in [-0.1, -0.05) is 0 Å². The van der Waals surface area contributed by atoms with Gasteiger partial charge in [0.2, 0.25) is 6.41 Å². The molecule has 0 N–H and O–H groups in total. The predicted molar refractivity (Wildman–Crippen MR) is 44.5 cm³/mol. The fraction of sp³-hybridized carbons (Fsp3) is 0.750. The van der Waals surface area contributed by atoms with E-state index in [0.717, 1.165) is 0 Å². The maximum Gasteiger partial charge on any atom is 0.326 e. The van der Waals surface area contributed by atoms with Crippen LogP contribution in [-0.2, 0) is 14.3 Å². The smallest absolute Gasteiger partial charge is 0.326 e. The Morgan fingerprint density at radius 1 is 1.50 bits per heavy atom. The Kier molecular flexibility index (Phi) is 3.73. The molecule has 0 atom stereocenters. The van der Waals surface area contributed by atoms with Gasteiger partial charge in [-0.15, -0.1) is 0 Å². The molecule has 70 valence electrons. The van der Waals surface area contributed by atoms with Crippen LogP contribution in [-0.4, -0.2) is 36.5 Å². The first kappa shape index (κ1) is 10.9. The largest absolute Gasteiger partial charge is 0.459 e. The SMILES string of the molecule is CN(C=O)CC(=O)OC(C)(C)C. The lowest BCUT2D eigenvalue weighted by Crippen LogP contribution is -2.32. The van der Waals surface area contributed by atoms with Crippen molar-refractivity contribution in [2.45, 2.75) is 26.4 Å². The van der Waals surface area contributed by atoms with Crippen LogP contribution < -0.4 is 0 Å². The molecule has 0 aromatic carbocycles. The summed E-state index contributed by atoms with van der Waals surface area (Å²) in [4.78, 5) is 22.4. The Bertz CT molecular complexity index is 172. The topological polar surface area (TPSA) is 46.6 Å². The van der Waals surface area contributed by atoms with Gasteiger partial charge < -0.3 is 9.64 Å². The van der Waals surface area contributed by atoms with Crippen LogP contribution in [0, 0.1) is 0 Å². The van der Waals surface area contributed by atoms with Crippen molar-refractivity contribution in [2.24, 2.45) is 0 Å². The number of amides is 1. The summed E-state index contributed by atoms with van der Waals surface area (Å²) in [6.45, 7) is 5.35. The molecular formula is C8H15NO3. The van der Waals surface area contributed by atoms with Crippen molar-refractivity contribution in [1.82, 2.24) is 4.90 Å². The molecule has 1 amide bonds. The Balaban J connectivity index is 3.82. The zero-order valence-electron chi connectivity index (χ0n) is 7.96. The molecule has 0 unspecified atom stereocenters. The van der Waals surface area contributed by atoms with Crippen LogP contribution >= 0.6 is 0 Å². The molecule has 12 heavy (non-hydrogen) atoms. The van der Waals surface area contributed by atoms with Crippen LogP contribution in [0.25, 0.3) is 0 Å². The second kappa shape index (κ2) is 4.09. The summed E-state index contributed by atoms with van der Waals surface area (Å²) in [6.07, 6.45) is 0.587. The Morgan fingerprint density at radius 3 is 2.33 bits per heavy atom. The van der Waals surface area contributed by atoms with Gasteiger partial charge in [0.25, 0.3) is 0 Å². The van der Waals surface area contributed by atoms with Crippen LogP contribution in [0.4, 0.5) is 0 Å². The van der Waals surface area contributed by atoms with Gasteiger partial charge in [0.05, 0.1) is 0 Å². The van der Waals surface area contributed by atoms with Crippen LogP contribution in [0.15, 0.2) is 0 Å². The normalized spacial score (nSPS) is 10.7. The summed E-state index contributed by atoms with van der Waals surface area (Å²) >= 11 is 0. The van der Waals surface area contributed by atoms with E-state index in [1.807, 2.05) is 0 Å². The third kappa shape index (κ3) is 5.70. The first-order valence-corrected chi connectivity index (χ1v) is 3.72. The molecule has 0 saturated heterocycles. The van der Waals surface area contributed by atoms with E-state index in [1.54, 1.807) is 20.8 Å². The van der Waals surface area contributed by atoms with Crippen molar-refractivity contribution < 1.29 is 14.3 Å². The standard InChI is InChI=1S/C8H15NO3/c1-8(2,3)12-7(11)5-9(4)6-10/h6H,5H2,1-4H3. The van der Waals surface area contributed by atoms with E-state index in [4.69, 9.17) is 4.74 Å². The van der Waals surface area contributed by atoms with Gasteiger partial charge in [-0.05, 0) is 20.8 Å². The minimum absolute atomic E-state index is 0.000764. The molecule has 0 aliphatic heterocycles. The van der Waals surface area contributed by atoms with Gasteiger partial charge >= 0.3 is 5.97 Å². The number of esters is 1. The molecule has 0 radical (unpaired) electrons. The zero-order chi connectivity index (χ0) is 9.78. The molecule has 0 spiro atoms. The molecule has 4 nitrogen and oxygen atoms in total. The van der Waals surface area contributed by atoms with E-state index in [1.165, 1.54) is 11.9 Å². The maximum absolute atomic E-state index is 11.0. The number of hydrogen-bond acceptors (Lipinski definition) is 3. The van der Waals surface area contributed by atoms with Crippen LogP contribution in [0.1, 0.15) is 20.8 Å². The number of rotatable bonds is 3. The lowest BCUT2D eigenvalue weighted by Gasteiger charge is -2.20. The van der Waals surface area contributed by atoms with Gasteiger partial charge in [0.15, 0.2) is 0 Å². The third-order valence-electron chi connectivity index (χ3n) is 0.978. The summed E-state index contributed by atoms with van der Waals surface area (Å²) < 4.78 is 4.97. The molecule has 0 aromatic rings. The van der Waals surface area contributed by atoms with Crippen molar-refractivity contribution in [1.29, 1.82) is 0 Å². The maximum atomic E-state index is 11.0. The van der Waals surface area contributed by atoms with Crippen molar-refractivity contribution in [3.05, 3.63) is 0 Å². The average molecular weight is 173 g/mol. The van der Waals surface area contributed by atoms with Gasteiger partial charge in [0, 0.05) is 7.05 Å². The van der Waals surface area contributed by atoms with Crippen molar-refractivity contribution in [3.63, 3.8) is 0 Å². The number of hydrogen-bond donors (Lipinski definition) is 0. The summed E-state index contributed by atoms with van der Waals surface area (Å²) in [7, 11) is 1.52.